The number of benzene rings is 1. The number of hydrogen-bond acceptors (Lipinski definition) is 4. The van der Waals surface area contributed by atoms with Crippen LogP contribution < -0.4 is 0 Å². The van der Waals surface area contributed by atoms with E-state index in [9.17, 15) is 9.59 Å². The molecule has 104 valence electrons. The molecule has 0 fully saturated rings. The maximum Gasteiger partial charge on any atom is 0.323 e. The molecule has 0 N–H and O–H groups in total. The minimum Gasteiger partial charge on any atom is -0.465 e. The zero-order valence-corrected chi connectivity index (χ0v) is 11.6. The highest BCUT2D eigenvalue weighted by molar-refractivity contribution is 5.99. The fourth-order valence-electron chi connectivity index (χ4n) is 1.81. The van der Waals surface area contributed by atoms with E-state index < -0.39 is 17.4 Å². The topological polar surface area (TPSA) is 52.6 Å². The predicted molar refractivity (Wildman–Crippen MR) is 71.5 cm³/mol. The Balaban J connectivity index is 2.98. The molecular weight excluding hydrogens is 244 g/mol. The summed E-state index contributed by atoms with van der Waals surface area (Å²) in [6.45, 7) is 5.47. The molecule has 0 saturated heterocycles. The number of carbonyl (C=O) groups is 2. The Hall–Kier alpha value is -1.84. The summed E-state index contributed by atoms with van der Waals surface area (Å²) in [5.41, 5.74) is -0.404. The van der Waals surface area contributed by atoms with Gasteiger partial charge in [0.05, 0.1) is 13.2 Å². The number of carbonyl (C=O) groups excluding carboxylic acids is 2. The van der Waals surface area contributed by atoms with Gasteiger partial charge < -0.3 is 9.47 Å². The average Bonchev–Trinajstić information content (AvgIpc) is 2.40. The van der Waals surface area contributed by atoms with E-state index in [-0.39, 0.29) is 19.6 Å². The van der Waals surface area contributed by atoms with Gasteiger partial charge in [-0.05, 0) is 32.8 Å². The highest BCUT2D eigenvalue weighted by Gasteiger charge is 2.44. The largest absolute Gasteiger partial charge is 0.465 e. The zero-order valence-electron chi connectivity index (χ0n) is 11.6. The second-order valence-electron chi connectivity index (χ2n) is 4.44. The van der Waals surface area contributed by atoms with Gasteiger partial charge in [0.1, 0.15) is 0 Å². The van der Waals surface area contributed by atoms with Crippen molar-refractivity contribution in [2.75, 3.05) is 13.2 Å². The Morgan fingerprint density at radius 3 is 1.89 bits per heavy atom. The predicted octanol–water partition coefficient (Wildman–Crippen LogP) is 2.36. The first-order chi connectivity index (χ1) is 9.04. The summed E-state index contributed by atoms with van der Waals surface area (Å²) in [5, 5.41) is 0. The molecular formula is C15H20O4. The lowest BCUT2D eigenvalue weighted by molar-refractivity contribution is -0.170. The molecule has 0 amide bonds. The first kappa shape index (κ1) is 15.2. The van der Waals surface area contributed by atoms with Crippen LogP contribution in [0.3, 0.4) is 0 Å². The van der Waals surface area contributed by atoms with Gasteiger partial charge in [-0.1, -0.05) is 30.3 Å². The monoisotopic (exact) mass is 264 g/mol. The highest BCUT2D eigenvalue weighted by Crippen LogP contribution is 2.26. The number of esters is 2. The first-order valence-corrected chi connectivity index (χ1v) is 6.43. The standard InChI is InChI=1S/C15H20O4/c1-4-18-13(16)15(3,14(17)19-5-2)11-12-9-7-6-8-10-12/h6-10H,4-5,11H2,1-3H3. The van der Waals surface area contributed by atoms with Crippen molar-refractivity contribution in [2.45, 2.75) is 27.2 Å². The van der Waals surface area contributed by atoms with Crippen molar-refractivity contribution in [3.8, 4) is 0 Å². The molecule has 0 aliphatic heterocycles. The second kappa shape index (κ2) is 6.92. The van der Waals surface area contributed by atoms with E-state index in [0.717, 1.165) is 5.56 Å². The Morgan fingerprint density at radius 1 is 1.00 bits per heavy atom. The molecule has 4 nitrogen and oxygen atoms in total. The van der Waals surface area contributed by atoms with Gasteiger partial charge in [-0.3, -0.25) is 9.59 Å². The lowest BCUT2D eigenvalue weighted by atomic mass is 9.83. The molecule has 1 aromatic carbocycles. The molecule has 19 heavy (non-hydrogen) atoms. The van der Waals surface area contributed by atoms with E-state index in [1.807, 2.05) is 30.3 Å². The van der Waals surface area contributed by atoms with Crippen LogP contribution in [0.15, 0.2) is 30.3 Å². The molecule has 0 unspecified atom stereocenters. The third-order valence-electron chi connectivity index (χ3n) is 2.85. The molecule has 0 heterocycles. The van der Waals surface area contributed by atoms with Crippen LogP contribution in [-0.2, 0) is 25.5 Å². The van der Waals surface area contributed by atoms with E-state index in [4.69, 9.17) is 9.47 Å². The average molecular weight is 264 g/mol. The van der Waals surface area contributed by atoms with Gasteiger partial charge in [-0.15, -0.1) is 0 Å². The van der Waals surface area contributed by atoms with E-state index in [0.29, 0.717) is 0 Å². The van der Waals surface area contributed by atoms with Crippen molar-refractivity contribution in [3.63, 3.8) is 0 Å². The molecule has 0 radical (unpaired) electrons. The maximum absolute atomic E-state index is 12.1. The van der Waals surface area contributed by atoms with E-state index >= 15 is 0 Å². The van der Waals surface area contributed by atoms with Crippen molar-refractivity contribution in [2.24, 2.45) is 5.41 Å². The molecule has 0 aliphatic rings. The first-order valence-electron chi connectivity index (χ1n) is 6.43. The van der Waals surface area contributed by atoms with Gasteiger partial charge in [-0.25, -0.2) is 0 Å². The summed E-state index contributed by atoms with van der Waals surface area (Å²) < 4.78 is 10.0. The van der Waals surface area contributed by atoms with Crippen LogP contribution >= 0.6 is 0 Å². The minimum atomic E-state index is -1.30. The molecule has 0 bridgehead atoms. The highest BCUT2D eigenvalue weighted by atomic mass is 16.6. The van der Waals surface area contributed by atoms with Crippen LogP contribution in [0.2, 0.25) is 0 Å². The van der Waals surface area contributed by atoms with Gasteiger partial charge in [0.15, 0.2) is 5.41 Å². The summed E-state index contributed by atoms with van der Waals surface area (Å²) >= 11 is 0. The van der Waals surface area contributed by atoms with Crippen LogP contribution in [0.25, 0.3) is 0 Å². The van der Waals surface area contributed by atoms with E-state index in [1.54, 1.807) is 20.8 Å². The third-order valence-corrected chi connectivity index (χ3v) is 2.85. The quantitative estimate of drug-likeness (QED) is 0.584. The molecule has 0 aliphatic carbocycles. The molecule has 1 aromatic rings. The summed E-state index contributed by atoms with van der Waals surface area (Å²) in [6.07, 6.45) is 0.269. The fraction of sp³-hybridized carbons (Fsp3) is 0.467. The summed E-state index contributed by atoms with van der Waals surface area (Å²) in [4.78, 5) is 24.1. The summed E-state index contributed by atoms with van der Waals surface area (Å²) in [6, 6.07) is 9.36. The van der Waals surface area contributed by atoms with Crippen molar-refractivity contribution in [1.29, 1.82) is 0 Å². The molecule has 0 aromatic heterocycles. The third kappa shape index (κ3) is 3.81. The zero-order chi connectivity index (χ0) is 14.3. The van der Waals surface area contributed by atoms with Crippen molar-refractivity contribution in [1.82, 2.24) is 0 Å². The lowest BCUT2D eigenvalue weighted by Crippen LogP contribution is -2.41. The van der Waals surface area contributed by atoms with Gasteiger partial charge in [0, 0.05) is 0 Å². The maximum atomic E-state index is 12.1. The van der Waals surface area contributed by atoms with Crippen LogP contribution in [0, 0.1) is 5.41 Å². The minimum absolute atomic E-state index is 0.239. The second-order valence-corrected chi connectivity index (χ2v) is 4.44. The van der Waals surface area contributed by atoms with E-state index in [1.165, 1.54) is 0 Å². The Labute approximate surface area is 113 Å². The van der Waals surface area contributed by atoms with Gasteiger partial charge in [0.2, 0.25) is 0 Å². The molecule has 0 atom stereocenters. The summed E-state index contributed by atoms with van der Waals surface area (Å²) in [7, 11) is 0. The lowest BCUT2D eigenvalue weighted by Gasteiger charge is -2.25. The molecule has 0 saturated carbocycles. The van der Waals surface area contributed by atoms with Gasteiger partial charge in [-0.2, -0.15) is 0 Å². The molecule has 4 heteroatoms. The van der Waals surface area contributed by atoms with Crippen LogP contribution in [0.5, 0.6) is 0 Å². The van der Waals surface area contributed by atoms with Crippen LogP contribution in [0.4, 0.5) is 0 Å². The Bertz CT molecular complexity index is 407. The number of ether oxygens (including phenoxy) is 2. The summed E-state index contributed by atoms with van der Waals surface area (Å²) in [5.74, 6) is -1.09. The van der Waals surface area contributed by atoms with Gasteiger partial charge in [0.25, 0.3) is 0 Å². The van der Waals surface area contributed by atoms with Crippen LogP contribution in [-0.4, -0.2) is 25.2 Å². The number of rotatable bonds is 6. The fourth-order valence-corrected chi connectivity index (χ4v) is 1.81. The Kier molecular flexibility index (Phi) is 5.55. The Morgan fingerprint density at radius 2 is 1.47 bits per heavy atom. The van der Waals surface area contributed by atoms with Crippen molar-refractivity contribution in [3.05, 3.63) is 35.9 Å². The smallest absolute Gasteiger partial charge is 0.323 e. The number of hydrogen-bond donors (Lipinski definition) is 0. The normalized spacial score (nSPS) is 10.9. The van der Waals surface area contributed by atoms with E-state index in [2.05, 4.69) is 0 Å². The molecule has 1 rings (SSSR count). The molecule has 0 spiro atoms. The SMILES string of the molecule is CCOC(=O)C(C)(Cc1ccccc1)C(=O)OCC. The van der Waals surface area contributed by atoms with Crippen molar-refractivity contribution < 1.29 is 19.1 Å². The van der Waals surface area contributed by atoms with Crippen molar-refractivity contribution >= 4 is 11.9 Å². The van der Waals surface area contributed by atoms with Gasteiger partial charge >= 0.3 is 11.9 Å². The van der Waals surface area contributed by atoms with Crippen LogP contribution in [0.1, 0.15) is 26.3 Å².